The number of fused-ring (bicyclic) bond motifs is 1. The van der Waals surface area contributed by atoms with Crippen LogP contribution in [-0.2, 0) is 16.4 Å². The Bertz CT molecular complexity index is 1220. The summed E-state index contributed by atoms with van der Waals surface area (Å²) in [5.74, 6) is -0.634. The van der Waals surface area contributed by atoms with Crippen LogP contribution in [0.25, 0.3) is 0 Å². The van der Waals surface area contributed by atoms with Crippen molar-refractivity contribution in [3.63, 3.8) is 0 Å². The van der Waals surface area contributed by atoms with Gasteiger partial charge < -0.3 is 5.32 Å². The molecule has 0 aliphatic carbocycles. The van der Waals surface area contributed by atoms with Crippen LogP contribution < -0.4 is 9.62 Å². The van der Waals surface area contributed by atoms with Gasteiger partial charge in [-0.15, -0.1) is 11.3 Å². The topological polar surface area (TPSA) is 110 Å². The van der Waals surface area contributed by atoms with Crippen molar-refractivity contribution in [2.45, 2.75) is 17.1 Å². The molecule has 0 saturated carbocycles. The smallest absolute Gasteiger partial charge is 0.282 e. The molecule has 10 heteroatoms. The van der Waals surface area contributed by atoms with Gasteiger partial charge in [-0.05, 0) is 48.1 Å². The highest BCUT2D eigenvalue weighted by atomic mass is 32.2. The molecule has 3 aromatic rings. The van der Waals surface area contributed by atoms with Crippen LogP contribution in [0.3, 0.4) is 0 Å². The number of benzene rings is 2. The molecule has 1 aliphatic heterocycles. The van der Waals surface area contributed by atoms with Crippen molar-refractivity contribution in [1.29, 1.82) is 0 Å². The van der Waals surface area contributed by atoms with Gasteiger partial charge in [0.1, 0.15) is 9.77 Å². The second-order valence-corrected chi connectivity index (χ2v) is 9.72. The number of aryl methyl sites for hydroxylation is 1. The van der Waals surface area contributed by atoms with Gasteiger partial charge in [0.15, 0.2) is 0 Å². The van der Waals surface area contributed by atoms with Crippen molar-refractivity contribution < 1.29 is 18.1 Å². The maximum atomic E-state index is 13.1. The molecular formula is C20H17N3O5S2. The highest BCUT2D eigenvalue weighted by Gasteiger charge is 2.30. The van der Waals surface area contributed by atoms with Crippen molar-refractivity contribution >= 4 is 44.3 Å². The van der Waals surface area contributed by atoms with E-state index in [-0.39, 0.29) is 15.5 Å². The summed E-state index contributed by atoms with van der Waals surface area (Å²) in [7, 11) is -3.70. The van der Waals surface area contributed by atoms with Gasteiger partial charge in [-0.25, -0.2) is 8.42 Å². The van der Waals surface area contributed by atoms with Crippen molar-refractivity contribution in [3.05, 3.63) is 81.2 Å². The Morgan fingerprint density at radius 1 is 1.13 bits per heavy atom. The highest BCUT2D eigenvalue weighted by Crippen LogP contribution is 2.35. The predicted octanol–water partition coefficient (Wildman–Crippen LogP) is 4.05. The number of nitro benzene ring substituents is 1. The summed E-state index contributed by atoms with van der Waals surface area (Å²) in [5.41, 5.74) is 1.38. The van der Waals surface area contributed by atoms with Crippen LogP contribution in [0.1, 0.15) is 22.3 Å². The molecule has 1 aromatic heterocycles. The van der Waals surface area contributed by atoms with Crippen LogP contribution in [0.15, 0.2) is 64.2 Å². The third-order valence-corrected chi connectivity index (χ3v) is 7.99. The van der Waals surface area contributed by atoms with Gasteiger partial charge in [0.05, 0.1) is 10.6 Å². The van der Waals surface area contributed by atoms with Gasteiger partial charge in [-0.3, -0.25) is 19.2 Å². The second kappa shape index (κ2) is 7.88. The summed E-state index contributed by atoms with van der Waals surface area (Å²) in [6.07, 6.45) is 1.42. The molecule has 8 nitrogen and oxygen atoms in total. The molecule has 154 valence electrons. The number of amides is 1. The SMILES string of the molecule is O=C(Nc1ccc2c(c1)N(S(=O)(=O)c1cccs1)CCC2)c1ccccc1[N+](=O)[O-]. The number of carbonyl (C=O) groups excluding carboxylic acids is 1. The van der Waals surface area contributed by atoms with E-state index in [0.29, 0.717) is 24.3 Å². The fraction of sp³-hybridized carbons (Fsp3) is 0.150. The first kappa shape index (κ1) is 20.0. The second-order valence-electron chi connectivity index (χ2n) is 6.68. The number of anilines is 2. The van der Waals surface area contributed by atoms with E-state index >= 15 is 0 Å². The van der Waals surface area contributed by atoms with E-state index in [4.69, 9.17) is 0 Å². The van der Waals surface area contributed by atoms with Gasteiger partial charge in [0.25, 0.3) is 21.6 Å². The minimum absolute atomic E-state index is 0.0664. The Morgan fingerprint density at radius 2 is 1.93 bits per heavy atom. The first-order chi connectivity index (χ1) is 14.4. The third-order valence-electron chi connectivity index (χ3n) is 4.80. The lowest BCUT2D eigenvalue weighted by Gasteiger charge is -2.30. The number of nitrogens with one attached hydrogen (secondary N) is 1. The summed E-state index contributed by atoms with van der Waals surface area (Å²) in [4.78, 5) is 23.2. The largest absolute Gasteiger partial charge is 0.322 e. The lowest BCUT2D eigenvalue weighted by atomic mass is 10.0. The molecule has 0 radical (unpaired) electrons. The number of nitrogens with zero attached hydrogens (tertiary/aromatic N) is 2. The van der Waals surface area contributed by atoms with Gasteiger partial charge in [-0.1, -0.05) is 24.3 Å². The van der Waals surface area contributed by atoms with Crippen LogP contribution in [0, 0.1) is 10.1 Å². The van der Waals surface area contributed by atoms with Crippen molar-refractivity contribution in [3.8, 4) is 0 Å². The number of sulfonamides is 1. The first-order valence-corrected chi connectivity index (χ1v) is 11.4. The van der Waals surface area contributed by atoms with Crippen LogP contribution >= 0.6 is 11.3 Å². The Morgan fingerprint density at radius 3 is 2.67 bits per heavy atom. The maximum absolute atomic E-state index is 13.1. The van der Waals surface area contributed by atoms with Crippen LogP contribution in [-0.4, -0.2) is 25.8 Å². The van der Waals surface area contributed by atoms with Gasteiger partial charge >= 0.3 is 0 Å². The summed E-state index contributed by atoms with van der Waals surface area (Å²) < 4.78 is 27.7. The zero-order valence-corrected chi connectivity index (χ0v) is 17.3. The normalized spacial score (nSPS) is 13.5. The molecule has 0 bridgehead atoms. The minimum Gasteiger partial charge on any atom is -0.322 e. The van der Waals surface area contributed by atoms with E-state index in [1.165, 1.54) is 22.5 Å². The number of nitro groups is 1. The quantitative estimate of drug-likeness (QED) is 0.473. The Hall–Kier alpha value is -3.24. The third kappa shape index (κ3) is 3.66. The molecule has 0 spiro atoms. The fourth-order valence-electron chi connectivity index (χ4n) is 3.41. The number of carbonyl (C=O) groups is 1. The summed E-state index contributed by atoms with van der Waals surface area (Å²) in [5, 5.41) is 15.5. The number of hydrogen-bond donors (Lipinski definition) is 1. The number of para-hydroxylation sites is 1. The average molecular weight is 444 g/mol. The number of hydrogen-bond acceptors (Lipinski definition) is 6. The summed E-state index contributed by atoms with van der Waals surface area (Å²) in [6, 6.07) is 14.0. The maximum Gasteiger partial charge on any atom is 0.282 e. The summed E-state index contributed by atoms with van der Waals surface area (Å²) >= 11 is 1.15. The molecule has 1 N–H and O–H groups in total. The van der Waals surface area contributed by atoms with Crippen LogP contribution in [0.2, 0.25) is 0 Å². The van der Waals surface area contributed by atoms with Crippen molar-refractivity contribution in [2.24, 2.45) is 0 Å². The van der Waals surface area contributed by atoms with Gasteiger partial charge in [-0.2, -0.15) is 0 Å². The molecule has 2 heterocycles. The molecule has 30 heavy (non-hydrogen) atoms. The fourth-order valence-corrected chi connectivity index (χ4v) is 6.05. The molecule has 0 atom stereocenters. The molecule has 1 aliphatic rings. The minimum atomic E-state index is -3.70. The lowest BCUT2D eigenvalue weighted by molar-refractivity contribution is -0.385. The molecule has 0 unspecified atom stereocenters. The Labute approximate surface area is 177 Å². The van der Waals surface area contributed by atoms with E-state index in [1.807, 2.05) is 0 Å². The molecule has 4 rings (SSSR count). The predicted molar refractivity (Wildman–Crippen MR) is 115 cm³/mol. The molecule has 0 saturated heterocycles. The Kier molecular flexibility index (Phi) is 5.27. The zero-order chi connectivity index (χ0) is 21.3. The molecule has 1 amide bonds. The van der Waals surface area contributed by atoms with Crippen molar-refractivity contribution in [1.82, 2.24) is 0 Å². The lowest BCUT2D eigenvalue weighted by Crippen LogP contribution is -2.35. The Balaban J connectivity index is 1.67. The van der Waals surface area contributed by atoms with Crippen LogP contribution in [0.5, 0.6) is 0 Å². The van der Waals surface area contributed by atoms with E-state index in [1.54, 1.807) is 41.8 Å². The molecule has 0 fully saturated rings. The van der Waals surface area contributed by atoms with Gasteiger partial charge in [0.2, 0.25) is 0 Å². The van der Waals surface area contributed by atoms with Crippen LogP contribution in [0.4, 0.5) is 17.1 Å². The number of thiophene rings is 1. The van der Waals surface area contributed by atoms with Crippen molar-refractivity contribution in [2.75, 3.05) is 16.2 Å². The monoisotopic (exact) mass is 443 g/mol. The average Bonchev–Trinajstić information content (AvgIpc) is 3.29. The first-order valence-electron chi connectivity index (χ1n) is 9.12. The van der Waals surface area contributed by atoms with E-state index in [2.05, 4.69) is 5.32 Å². The van der Waals surface area contributed by atoms with E-state index < -0.39 is 20.9 Å². The zero-order valence-electron chi connectivity index (χ0n) is 15.6. The number of rotatable bonds is 5. The van der Waals surface area contributed by atoms with Gasteiger partial charge in [0, 0.05) is 18.3 Å². The molecule has 2 aromatic carbocycles. The highest BCUT2D eigenvalue weighted by molar-refractivity contribution is 7.94. The standard InChI is InChI=1S/C20H17N3O5S2/c24-20(16-6-1-2-7-17(16)23(25)26)21-15-10-9-14-5-3-11-22(18(14)13-15)30(27,28)19-8-4-12-29-19/h1-2,4,6-10,12-13H,3,5,11H2,(H,21,24). The summed E-state index contributed by atoms with van der Waals surface area (Å²) in [6.45, 7) is 0.342. The van der Waals surface area contributed by atoms with E-state index in [9.17, 15) is 23.3 Å². The molecular weight excluding hydrogens is 426 g/mol. The van der Waals surface area contributed by atoms with E-state index in [0.717, 1.165) is 23.3 Å².